The molecular formula is C22H27NO4. The number of carbonyl (C=O) groups is 2. The Hall–Kier alpha value is -2.82. The topological polar surface area (TPSA) is 64.6 Å². The molecule has 0 heterocycles. The Morgan fingerprint density at radius 1 is 1.04 bits per heavy atom. The molecule has 1 atom stereocenters. The van der Waals surface area contributed by atoms with Crippen molar-refractivity contribution in [1.82, 2.24) is 5.32 Å². The van der Waals surface area contributed by atoms with Crippen LogP contribution < -0.4 is 10.1 Å². The molecule has 2 rings (SSSR count). The van der Waals surface area contributed by atoms with Crippen molar-refractivity contribution in [3.8, 4) is 5.75 Å². The predicted octanol–water partition coefficient (Wildman–Crippen LogP) is 3.93. The van der Waals surface area contributed by atoms with Gasteiger partial charge in [-0.15, -0.1) is 0 Å². The quantitative estimate of drug-likeness (QED) is 0.716. The number of ether oxygens (including phenoxy) is 2. The summed E-state index contributed by atoms with van der Waals surface area (Å²) in [6, 6.07) is 14.7. The molecule has 27 heavy (non-hydrogen) atoms. The number of rotatable bonds is 8. The van der Waals surface area contributed by atoms with E-state index in [0.29, 0.717) is 17.2 Å². The minimum Gasteiger partial charge on any atom is -0.497 e. The molecule has 5 heteroatoms. The van der Waals surface area contributed by atoms with Crippen LogP contribution in [0.1, 0.15) is 48.3 Å². The van der Waals surface area contributed by atoms with Crippen LogP contribution >= 0.6 is 0 Å². The number of amides is 1. The molecule has 0 radical (unpaired) electrons. The summed E-state index contributed by atoms with van der Waals surface area (Å²) in [5.74, 6) is 0.260. The summed E-state index contributed by atoms with van der Waals surface area (Å²) in [5.41, 5.74) is 2.63. The van der Waals surface area contributed by atoms with Crippen LogP contribution in [0.15, 0.2) is 48.5 Å². The van der Waals surface area contributed by atoms with Gasteiger partial charge in [-0.2, -0.15) is 0 Å². The minimum absolute atomic E-state index is 0.166. The van der Waals surface area contributed by atoms with Crippen molar-refractivity contribution in [3.63, 3.8) is 0 Å². The summed E-state index contributed by atoms with van der Waals surface area (Å²) in [7, 11) is 1.52. The molecule has 2 aromatic carbocycles. The molecule has 0 unspecified atom stereocenters. The van der Waals surface area contributed by atoms with Crippen molar-refractivity contribution in [2.75, 3.05) is 13.7 Å². The van der Waals surface area contributed by atoms with Crippen LogP contribution in [0.25, 0.3) is 0 Å². The highest BCUT2D eigenvalue weighted by atomic mass is 16.5. The lowest BCUT2D eigenvalue weighted by atomic mass is 10.00. The minimum atomic E-state index is -0.560. The first-order valence-electron chi connectivity index (χ1n) is 9.08. The summed E-state index contributed by atoms with van der Waals surface area (Å²) in [6.45, 7) is 5.94. The molecule has 0 aliphatic rings. The molecule has 0 spiro atoms. The Morgan fingerprint density at radius 2 is 1.74 bits per heavy atom. The van der Waals surface area contributed by atoms with E-state index in [-0.39, 0.29) is 18.6 Å². The van der Waals surface area contributed by atoms with Gasteiger partial charge in [-0.1, -0.05) is 44.2 Å². The maximum absolute atomic E-state index is 12.1. The second kappa shape index (κ2) is 9.76. The van der Waals surface area contributed by atoms with Crippen LogP contribution in [0.2, 0.25) is 0 Å². The molecule has 0 fully saturated rings. The van der Waals surface area contributed by atoms with E-state index >= 15 is 0 Å². The summed E-state index contributed by atoms with van der Waals surface area (Å²) in [4.78, 5) is 24.1. The van der Waals surface area contributed by atoms with Gasteiger partial charge < -0.3 is 14.8 Å². The normalized spacial score (nSPS) is 11.7. The van der Waals surface area contributed by atoms with E-state index in [9.17, 15) is 9.59 Å². The summed E-state index contributed by atoms with van der Waals surface area (Å²) in [6.07, 6.45) is 1.03. The molecule has 0 saturated carbocycles. The largest absolute Gasteiger partial charge is 0.497 e. The van der Waals surface area contributed by atoms with Crippen molar-refractivity contribution in [2.45, 2.75) is 33.2 Å². The van der Waals surface area contributed by atoms with Crippen LogP contribution in [0.3, 0.4) is 0 Å². The highest BCUT2D eigenvalue weighted by Crippen LogP contribution is 2.16. The molecule has 144 valence electrons. The fourth-order valence-corrected chi connectivity index (χ4v) is 2.74. The van der Waals surface area contributed by atoms with Crippen molar-refractivity contribution in [1.29, 1.82) is 0 Å². The first-order valence-corrected chi connectivity index (χ1v) is 9.08. The standard InChI is InChI=1S/C22H27NO4/c1-15(2)12-17-8-10-18(11-9-17)16(3)23-21(24)14-27-22(25)19-6-5-7-20(13-19)26-4/h5-11,13,15-16H,12,14H2,1-4H3,(H,23,24)/t16-/m1/s1. The average molecular weight is 369 g/mol. The zero-order valence-corrected chi connectivity index (χ0v) is 16.3. The van der Waals surface area contributed by atoms with E-state index in [0.717, 1.165) is 12.0 Å². The molecule has 0 saturated heterocycles. The predicted molar refractivity (Wildman–Crippen MR) is 105 cm³/mol. The third kappa shape index (κ3) is 6.44. The smallest absolute Gasteiger partial charge is 0.338 e. The summed E-state index contributed by atoms with van der Waals surface area (Å²) < 4.78 is 10.2. The Bertz CT molecular complexity index is 768. The van der Waals surface area contributed by atoms with Gasteiger partial charge >= 0.3 is 5.97 Å². The number of methoxy groups -OCH3 is 1. The van der Waals surface area contributed by atoms with Crippen molar-refractivity contribution in [2.24, 2.45) is 5.92 Å². The molecule has 5 nitrogen and oxygen atoms in total. The Labute approximate surface area is 160 Å². The first kappa shape index (κ1) is 20.5. The number of benzene rings is 2. The molecule has 0 aliphatic heterocycles. The third-order valence-electron chi connectivity index (χ3n) is 4.14. The van der Waals surface area contributed by atoms with E-state index < -0.39 is 5.97 Å². The number of nitrogens with one attached hydrogen (secondary N) is 1. The second-order valence-corrected chi connectivity index (χ2v) is 6.94. The van der Waals surface area contributed by atoms with Gasteiger partial charge in [-0.05, 0) is 48.6 Å². The molecule has 0 aliphatic carbocycles. The summed E-state index contributed by atoms with van der Waals surface area (Å²) >= 11 is 0. The number of esters is 1. The third-order valence-corrected chi connectivity index (χ3v) is 4.14. The first-order chi connectivity index (χ1) is 12.9. The molecule has 0 bridgehead atoms. The molecule has 2 aromatic rings. The van der Waals surface area contributed by atoms with E-state index in [2.05, 4.69) is 31.3 Å². The van der Waals surface area contributed by atoms with Crippen LogP contribution in [0, 0.1) is 5.92 Å². The van der Waals surface area contributed by atoms with Gasteiger partial charge in [0, 0.05) is 0 Å². The van der Waals surface area contributed by atoms with Gasteiger partial charge in [0.2, 0.25) is 0 Å². The highest BCUT2D eigenvalue weighted by Gasteiger charge is 2.14. The van der Waals surface area contributed by atoms with Gasteiger partial charge in [0.15, 0.2) is 6.61 Å². The van der Waals surface area contributed by atoms with Crippen LogP contribution in [-0.4, -0.2) is 25.6 Å². The summed E-state index contributed by atoms with van der Waals surface area (Å²) in [5, 5.41) is 2.84. The fourth-order valence-electron chi connectivity index (χ4n) is 2.74. The van der Waals surface area contributed by atoms with Crippen LogP contribution in [0.5, 0.6) is 5.75 Å². The Kier molecular flexibility index (Phi) is 7.41. The molecular weight excluding hydrogens is 342 g/mol. The van der Waals surface area contributed by atoms with Gasteiger partial charge in [0.25, 0.3) is 5.91 Å². The van der Waals surface area contributed by atoms with Crippen LogP contribution in [-0.2, 0) is 16.0 Å². The molecule has 0 aromatic heterocycles. The fraction of sp³-hybridized carbons (Fsp3) is 0.364. The Morgan fingerprint density at radius 3 is 2.37 bits per heavy atom. The lowest BCUT2D eigenvalue weighted by Crippen LogP contribution is -2.31. The van der Waals surface area contributed by atoms with E-state index in [4.69, 9.17) is 9.47 Å². The molecule has 1 amide bonds. The monoisotopic (exact) mass is 369 g/mol. The zero-order chi connectivity index (χ0) is 19.8. The lowest BCUT2D eigenvalue weighted by Gasteiger charge is -2.15. The van der Waals surface area contributed by atoms with E-state index in [1.807, 2.05) is 19.1 Å². The lowest BCUT2D eigenvalue weighted by molar-refractivity contribution is -0.124. The number of hydrogen-bond donors (Lipinski definition) is 1. The van der Waals surface area contributed by atoms with Crippen LogP contribution in [0.4, 0.5) is 0 Å². The van der Waals surface area contributed by atoms with Gasteiger partial charge in [-0.3, -0.25) is 4.79 Å². The number of carbonyl (C=O) groups excluding carboxylic acids is 2. The van der Waals surface area contributed by atoms with Gasteiger partial charge in [-0.25, -0.2) is 4.79 Å². The maximum Gasteiger partial charge on any atom is 0.338 e. The van der Waals surface area contributed by atoms with Gasteiger partial charge in [0.05, 0.1) is 18.7 Å². The highest BCUT2D eigenvalue weighted by molar-refractivity contribution is 5.91. The van der Waals surface area contributed by atoms with E-state index in [1.54, 1.807) is 24.3 Å². The second-order valence-electron chi connectivity index (χ2n) is 6.94. The van der Waals surface area contributed by atoms with Crippen molar-refractivity contribution < 1.29 is 19.1 Å². The molecule has 1 N–H and O–H groups in total. The van der Waals surface area contributed by atoms with Crippen molar-refractivity contribution in [3.05, 3.63) is 65.2 Å². The number of hydrogen-bond acceptors (Lipinski definition) is 4. The SMILES string of the molecule is COc1cccc(C(=O)OCC(=O)N[C@H](C)c2ccc(CC(C)C)cc2)c1. The van der Waals surface area contributed by atoms with Gasteiger partial charge in [0.1, 0.15) is 5.75 Å². The maximum atomic E-state index is 12.1. The zero-order valence-electron chi connectivity index (χ0n) is 16.3. The van der Waals surface area contributed by atoms with Crippen molar-refractivity contribution >= 4 is 11.9 Å². The average Bonchev–Trinajstić information content (AvgIpc) is 2.66. The van der Waals surface area contributed by atoms with E-state index in [1.165, 1.54) is 12.7 Å². The Balaban J connectivity index is 1.84.